The SMILES string of the molecule is CCNCc1ncnn1Cc1ccc([N+](=O)[O-])c(F)c1. The Labute approximate surface area is 114 Å². The second-order valence-corrected chi connectivity index (χ2v) is 4.16. The molecule has 0 bridgehead atoms. The van der Waals surface area contributed by atoms with E-state index >= 15 is 0 Å². The van der Waals surface area contributed by atoms with Crippen LogP contribution in [0.3, 0.4) is 0 Å². The van der Waals surface area contributed by atoms with E-state index in [0.717, 1.165) is 24.5 Å². The predicted molar refractivity (Wildman–Crippen MR) is 69.6 cm³/mol. The van der Waals surface area contributed by atoms with Crippen molar-refractivity contribution in [3.63, 3.8) is 0 Å². The molecule has 106 valence electrons. The van der Waals surface area contributed by atoms with Crippen molar-refractivity contribution >= 4 is 5.69 Å². The number of hydrogen-bond donors (Lipinski definition) is 1. The highest BCUT2D eigenvalue weighted by Crippen LogP contribution is 2.18. The van der Waals surface area contributed by atoms with Gasteiger partial charge in [-0.1, -0.05) is 13.0 Å². The zero-order valence-electron chi connectivity index (χ0n) is 10.9. The number of nitrogens with zero attached hydrogens (tertiary/aromatic N) is 4. The first kappa shape index (κ1) is 14.1. The molecule has 1 N–H and O–H groups in total. The maximum Gasteiger partial charge on any atom is 0.304 e. The van der Waals surface area contributed by atoms with Crippen molar-refractivity contribution in [3.05, 3.63) is 51.8 Å². The number of nitro benzene ring substituents is 1. The Morgan fingerprint density at radius 1 is 1.50 bits per heavy atom. The molecule has 0 saturated heterocycles. The third kappa shape index (κ3) is 3.15. The van der Waals surface area contributed by atoms with Crippen molar-refractivity contribution < 1.29 is 9.31 Å². The summed E-state index contributed by atoms with van der Waals surface area (Å²) in [6.45, 7) is 3.66. The minimum atomic E-state index is -0.846. The van der Waals surface area contributed by atoms with E-state index in [1.165, 1.54) is 12.4 Å². The second kappa shape index (κ2) is 6.20. The van der Waals surface area contributed by atoms with Crippen LogP contribution in [0, 0.1) is 15.9 Å². The molecule has 0 unspecified atom stereocenters. The van der Waals surface area contributed by atoms with Crippen LogP contribution in [0.5, 0.6) is 0 Å². The molecule has 0 saturated carbocycles. The van der Waals surface area contributed by atoms with Gasteiger partial charge in [-0.2, -0.15) is 9.49 Å². The largest absolute Gasteiger partial charge is 0.310 e. The number of halogens is 1. The van der Waals surface area contributed by atoms with E-state index < -0.39 is 16.4 Å². The molecule has 0 aliphatic rings. The monoisotopic (exact) mass is 279 g/mol. The number of benzene rings is 1. The van der Waals surface area contributed by atoms with E-state index in [1.807, 2.05) is 6.92 Å². The van der Waals surface area contributed by atoms with Crippen LogP contribution in [0.15, 0.2) is 24.5 Å². The highest BCUT2D eigenvalue weighted by atomic mass is 19.1. The van der Waals surface area contributed by atoms with Crippen molar-refractivity contribution in [3.8, 4) is 0 Å². The smallest absolute Gasteiger partial charge is 0.304 e. The van der Waals surface area contributed by atoms with E-state index in [1.54, 1.807) is 4.68 Å². The zero-order chi connectivity index (χ0) is 14.5. The average molecular weight is 279 g/mol. The number of hydrogen-bond acceptors (Lipinski definition) is 5. The van der Waals surface area contributed by atoms with Gasteiger partial charge in [-0.15, -0.1) is 0 Å². The fraction of sp³-hybridized carbons (Fsp3) is 0.333. The normalized spacial score (nSPS) is 10.7. The Kier molecular flexibility index (Phi) is 4.36. The molecule has 0 radical (unpaired) electrons. The lowest BCUT2D eigenvalue weighted by Gasteiger charge is -2.06. The van der Waals surface area contributed by atoms with Gasteiger partial charge in [-0.05, 0) is 18.2 Å². The van der Waals surface area contributed by atoms with Crippen LogP contribution in [-0.2, 0) is 13.1 Å². The van der Waals surface area contributed by atoms with Gasteiger partial charge in [-0.3, -0.25) is 10.1 Å². The summed E-state index contributed by atoms with van der Waals surface area (Å²) in [6, 6.07) is 3.82. The Bertz CT molecular complexity index is 614. The van der Waals surface area contributed by atoms with Crippen molar-refractivity contribution in [2.45, 2.75) is 20.0 Å². The third-order valence-electron chi connectivity index (χ3n) is 2.77. The van der Waals surface area contributed by atoms with Crippen molar-refractivity contribution in [1.29, 1.82) is 0 Å². The van der Waals surface area contributed by atoms with Crippen LogP contribution in [-0.4, -0.2) is 26.2 Å². The third-order valence-corrected chi connectivity index (χ3v) is 2.77. The Morgan fingerprint density at radius 3 is 2.95 bits per heavy atom. The summed E-state index contributed by atoms with van der Waals surface area (Å²) in [5.41, 5.74) is 0.0663. The summed E-state index contributed by atoms with van der Waals surface area (Å²) in [5.74, 6) is -0.119. The summed E-state index contributed by atoms with van der Waals surface area (Å²) < 4.78 is 15.2. The van der Waals surface area contributed by atoms with E-state index in [4.69, 9.17) is 0 Å². The first-order chi connectivity index (χ1) is 9.61. The molecule has 7 nitrogen and oxygen atoms in total. The van der Waals surface area contributed by atoms with Gasteiger partial charge < -0.3 is 5.32 Å². The summed E-state index contributed by atoms with van der Waals surface area (Å²) in [7, 11) is 0. The maximum absolute atomic E-state index is 13.5. The topological polar surface area (TPSA) is 85.9 Å². The second-order valence-electron chi connectivity index (χ2n) is 4.16. The lowest BCUT2D eigenvalue weighted by atomic mass is 10.2. The molecule has 0 amide bonds. The Balaban J connectivity index is 2.16. The minimum absolute atomic E-state index is 0.315. The van der Waals surface area contributed by atoms with Gasteiger partial charge in [0.25, 0.3) is 0 Å². The van der Waals surface area contributed by atoms with Crippen LogP contribution in [0.25, 0.3) is 0 Å². The molecule has 1 heterocycles. The number of aromatic nitrogens is 3. The van der Waals surface area contributed by atoms with Gasteiger partial charge in [0.2, 0.25) is 5.82 Å². The maximum atomic E-state index is 13.5. The average Bonchev–Trinajstić information content (AvgIpc) is 2.83. The number of nitrogens with one attached hydrogen (secondary N) is 1. The molecular weight excluding hydrogens is 265 g/mol. The lowest BCUT2D eigenvalue weighted by Crippen LogP contribution is -2.17. The molecule has 0 aliphatic carbocycles. The fourth-order valence-corrected chi connectivity index (χ4v) is 1.76. The molecule has 0 aliphatic heterocycles. The summed E-state index contributed by atoms with van der Waals surface area (Å²) in [5, 5.41) is 17.7. The summed E-state index contributed by atoms with van der Waals surface area (Å²) in [4.78, 5) is 13.9. The van der Waals surface area contributed by atoms with E-state index in [-0.39, 0.29) is 0 Å². The van der Waals surface area contributed by atoms with Gasteiger partial charge in [0.1, 0.15) is 12.2 Å². The Hall–Kier alpha value is -2.35. The highest BCUT2D eigenvalue weighted by molar-refractivity contribution is 5.35. The van der Waals surface area contributed by atoms with Crippen LogP contribution in [0.2, 0.25) is 0 Å². The van der Waals surface area contributed by atoms with Crippen LogP contribution < -0.4 is 5.32 Å². The van der Waals surface area contributed by atoms with Gasteiger partial charge in [0.15, 0.2) is 0 Å². The molecule has 2 rings (SSSR count). The van der Waals surface area contributed by atoms with Gasteiger partial charge in [0.05, 0.1) is 18.0 Å². The van der Waals surface area contributed by atoms with Crippen molar-refractivity contribution in [2.75, 3.05) is 6.54 Å². The predicted octanol–water partition coefficient (Wildman–Crippen LogP) is 1.48. The van der Waals surface area contributed by atoms with Gasteiger partial charge in [0, 0.05) is 6.07 Å². The molecule has 2 aromatic rings. The van der Waals surface area contributed by atoms with Crippen molar-refractivity contribution in [2.24, 2.45) is 0 Å². The molecule has 1 aromatic heterocycles. The minimum Gasteiger partial charge on any atom is -0.310 e. The molecule has 0 spiro atoms. The van der Waals surface area contributed by atoms with E-state index in [9.17, 15) is 14.5 Å². The summed E-state index contributed by atoms with van der Waals surface area (Å²) in [6.07, 6.45) is 1.43. The molecule has 8 heteroatoms. The quantitative estimate of drug-likeness (QED) is 0.639. The number of rotatable bonds is 6. The number of nitro groups is 1. The van der Waals surface area contributed by atoms with Crippen molar-refractivity contribution in [1.82, 2.24) is 20.1 Å². The van der Waals surface area contributed by atoms with Crippen LogP contribution in [0.4, 0.5) is 10.1 Å². The van der Waals surface area contributed by atoms with Gasteiger partial charge in [-0.25, -0.2) is 9.67 Å². The molecule has 1 aromatic carbocycles. The lowest BCUT2D eigenvalue weighted by molar-refractivity contribution is -0.387. The first-order valence-electron chi connectivity index (χ1n) is 6.12. The molecule has 0 fully saturated rings. The van der Waals surface area contributed by atoms with Gasteiger partial charge >= 0.3 is 5.69 Å². The first-order valence-corrected chi connectivity index (χ1v) is 6.12. The molecule has 20 heavy (non-hydrogen) atoms. The van der Waals surface area contributed by atoms with Crippen LogP contribution in [0.1, 0.15) is 18.3 Å². The van der Waals surface area contributed by atoms with Crippen LogP contribution >= 0.6 is 0 Å². The standard InChI is InChI=1S/C12H14FN5O2/c1-2-14-6-12-15-8-16-17(12)7-9-3-4-11(18(19)20)10(13)5-9/h3-5,8,14H,2,6-7H2,1H3. The zero-order valence-corrected chi connectivity index (χ0v) is 10.9. The Morgan fingerprint density at radius 2 is 2.30 bits per heavy atom. The fourth-order valence-electron chi connectivity index (χ4n) is 1.76. The van der Waals surface area contributed by atoms with E-state index in [0.29, 0.717) is 18.7 Å². The van der Waals surface area contributed by atoms with E-state index in [2.05, 4.69) is 15.4 Å². The summed E-state index contributed by atoms with van der Waals surface area (Å²) >= 11 is 0. The highest BCUT2D eigenvalue weighted by Gasteiger charge is 2.14. The molecule has 0 atom stereocenters. The molecular formula is C12H14FN5O2.